The summed E-state index contributed by atoms with van der Waals surface area (Å²) in [4.78, 5) is 12.2. The molecule has 0 aliphatic heterocycles. The van der Waals surface area contributed by atoms with Crippen LogP contribution in [0.1, 0.15) is 35.3 Å². The zero-order valence-corrected chi connectivity index (χ0v) is 14.9. The van der Waals surface area contributed by atoms with Crippen LogP contribution in [-0.4, -0.2) is 29.3 Å². The van der Waals surface area contributed by atoms with E-state index in [9.17, 15) is 9.36 Å². The van der Waals surface area contributed by atoms with Crippen LogP contribution in [0.5, 0.6) is 0 Å². The van der Waals surface area contributed by atoms with Crippen molar-refractivity contribution < 1.29 is 18.4 Å². The van der Waals surface area contributed by atoms with Gasteiger partial charge in [0, 0.05) is 5.56 Å². The fourth-order valence-corrected chi connectivity index (χ4v) is 3.86. The summed E-state index contributed by atoms with van der Waals surface area (Å²) in [5, 5.41) is 17.8. The lowest BCUT2D eigenvalue weighted by Crippen LogP contribution is -2.13. The van der Waals surface area contributed by atoms with Gasteiger partial charge in [-0.2, -0.15) is 10.4 Å². The van der Waals surface area contributed by atoms with Crippen molar-refractivity contribution in [3.8, 4) is 6.07 Å². The van der Waals surface area contributed by atoms with Crippen LogP contribution in [-0.2, 0) is 19.8 Å². The lowest BCUT2D eigenvalue weighted by atomic mass is 10.1. The Hall–Kier alpha value is -2.46. The predicted octanol–water partition coefficient (Wildman–Crippen LogP) is 3.30. The molecule has 0 radical (unpaired) electrons. The van der Waals surface area contributed by atoms with Gasteiger partial charge in [-0.25, -0.2) is 0 Å². The molecule has 0 saturated carbocycles. The molecule has 0 atom stereocenters. The van der Waals surface area contributed by atoms with Gasteiger partial charge in [0.1, 0.15) is 17.5 Å². The number of aromatic amines is 1. The SMILES string of the molecule is CCOP(=O)(Cc1ccc(C(=O)Nc2[nH]ncc2C#N)cc1)OCC. The Balaban J connectivity index is 2.07. The number of hydrogen-bond acceptors (Lipinski definition) is 6. The van der Waals surface area contributed by atoms with Crippen molar-refractivity contribution in [3.05, 3.63) is 47.2 Å². The second-order valence-corrected chi connectivity index (χ2v) is 7.08. The first-order valence-corrected chi connectivity index (χ1v) is 9.46. The largest absolute Gasteiger partial charge is 0.335 e. The van der Waals surface area contributed by atoms with Gasteiger partial charge in [0.2, 0.25) is 0 Å². The molecule has 1 amide bonds. The number of rotatable bonds is 8. The minimum absolute atomic E-state index is 0.135. The molecule has 1 aromatic heterocycles. The molecule has 1 heterocycles. The zero-order chi connectivity index (χ0) is 18.3. The lowest BCUT2D eigenvalue weighted by Gasteiger charge is -2.17. The molecule has 2 rings (SSSR count). The van der Waals surface area contributed by atoms with Crippen molar-refractivity contribution in [1.29, 1.82) is 5.26 Å². The third-order valence-corrected chi connectivity index (χ3v) is 5.30. The Kier molecular flexibility index (Phi) is 6.48. The van der Waals surface area contributed by atoms with Gasteiger partial charge in [-0.15, -0.1) is 0 Å². The number of nitrogens with one attached hydrogen (secondary N) is 2. The average Bonchev–Trinajstić information content (AvgIpc) is 3.03. The molecular weight excluding hydrogens is 343 g/mol. The molecule has 2 N–H and O–H groups in total. The Morgan fingerprint density at radius 3 is 2.48 bits per heavy atom. The summed E-state index contributed by atoms with van der Waals surface area (Å²) in [7, 11) is -3.19. The van der Waals surface area contributed by atoms with E-state index in [0.29, 0.717) is 18.8 Å². The third kappa shape index (κ3) is 5.00. The van der Waals surface area contributed by atoms with Crippen LogP contribution >= 0.6 is 7.60 Å². The Bertz CT molecular complexity index is 800. The maximum Gasteiger partial charge on any atom is 0.335 e. The van der Waals surface area contributed by atoms with Crippen LogP contribution in [0, 0.1) is 11.3 Å². The van der Waals surface area contributed by atoms with Crippen molar-refractivity contribution in [1.82, 2.24) is 10.2 Å². The standard InChI is InChI=1S/C16H19N4O4P/c1-3-23-25(22,24-4-2)11-12-5-7-13(8-6-12)16(21)19-15-14(9-17)10-18-20-15/h5-8,10H,3-4,11H2,1-2H3,(H2,18,19,20,21). The fourth-order valence-electron chi connectivity index (χ4n) is 2.16. The van der Waals surface area contributed by atoms with Gasteiger partial charge in [-0.1, -0.05) is 12.1 Å². The minimum atomic E-state index is -3.19. The number of carbonyl (C=O) groups excluding carboxylic acids is 1. The highest BCUT2D eigenvalue weighted by Crippen LogP contribution is 2.51. The minimum Gasteiger partial charge on any atom is -0.309 e. The molecular formula is C16H19N4O4P. The Morgan fingerprint density at radius 2 is 1.92 bits per heavy atom. The second kappa shape index (κ2) is 8.58. The van der Waals surface area contributed by atoms with E-state index in [1.165, 1.54) is 6.20 Å². The molecule has 8 nitrogen and oxygen atoms in total. The monoisotopic (exact) mass is 362 g/mol. The fraction of sp³-hybridized carbons (Fsp3) is 0.312. The highest BCUT2D eigenvalue weighted by atomic mass is 31.2. The highest BCUT2D eigenvalue weighted by molar-refractivity contribution is 7.53. The molecule has 1 aromatic carbocycles. The van der Waals surface area contributed by atoms with Crippen LogP contribution in [0.15, 0.2) is 30.5 Å². The average molecular weight is 362 g/mol. The summed E-state index contributed by atoms with van der Waals surface area (Å²) in [6.45, 7) is 4.10. The van der Waals surface area contributed by atoms with Crippen LogP contribution in [0.4, 0.5) is 5.82 Å². The van der Waals surface area contributed by atoms with Crippen LogP contribution in [0.3, 0.4) is 0 Å². The van der Waals surface area contributed by atoms with Crippen molar-refractivity contribution >= 4 is 19.3 Å². The van der Waals surface area contributed by atoms with Gasteiger partial charge < -0.3 is 14.4 Å². The first-order chi connectivity index (χ1) is 12.0. The summed E-state index contributed by atoms with van der Waals surface area (Å²) in [5.41, 5.74) is 1.38. The summed E-state index contributed by atoms with van der Waals surface area (Å²) in [6, 6.07) is 8.52. The number of nitrogens with zero attached hydrogens (tertiary/aromatic N) is 2. The molecule has 0 spiro atoms. The van der Waals surface area contributed by atoms with Crippen molar-refractivity contribution in [2.24, 2.45) is 0 Å². The summed E-state index contributed by atoms with van der Waals surface area (Å²) >= 11 is 0. The number of amides is 1. The van der Waals surface area contributed by atoms with E-state index in [2.05, 4.69) is 15.5 Å². The number of hydrogen-bond donors (Lipinski definition) is 2. The number of anilines is 1. The van der Waals surface area contributed by atoms with E-state index in [1.54, 1.807) is 38.1 Å². The quantitative estimate of drug-likeness (QED) is 0.696. The highest BCUT2D eigenvalue weighted by Gasteiger charge is 2.24. The smallest absolute Gasteiger partial charge is 0.309 e. The number of H-pyrrole nitrogens is 1. The van der Waals surface area contributed by atoms with E-state index in [4.69, 9.17) is 14.3 Å². The molecule has 0 saturated heterocycles. The number of benzene rings is 1. The summed E-state index contributed by atoms with van der Waals surface area (Å²) < 4.78 is 23.0. The van der Waals surface area contributed by atoms with Crippen LogP contribution in [0.2, 0.25) is 0 Å². The normalized spacial score (nSPS) is 11.1. The van der Waals surface area contributed by atoms with Gasteiger partial charge in [-0.05, 0) is 31.5 Å². The molecule has 0 bridgehead atoms. The molecule has 0 aliphatic rings. The van der Waals surface area contributed by atoms with Crippen LogP contribution < -0.4 is 5.32 Å². The molecule has 25 heavy (non-hydrogen) atoms. The maximum absolute atomic E-state index is 12.5. The van der Waals surface area contributed by atoms with Crippen LogP contribution in [0.25, 0.3) is 0 Å². The lowest BCUT2D eigenvalue weighted by molar-refractivity contribution is 0.102. The van der Waals surface area contributed by atoms with Gasteiger partial charge in [0.25, 0.3) is 5.91 Å². The Morgan fingerprint density at radius 1 is 1.28 bits per heavy atom. The topological polar surface area (TPSA) is 117 Å². The van der Waals surface area contributed by atoms with E-state index < -0.39 is 7.60 Å². The summed E-state index contributed by atoms with van der Waals surface area (Å²) in [6.07, 6.45) is 1.47. The Labute approximate surface area is 145 Å². The first kappa shape index (κ1) is 18.9. The van der Waals surface area contributed by atoms with Crippen molar-refractivity contribution in [2.45, 2.75) is 20.0 Å². The predicted molar refractivity (Wildman–Crippen MR) is 92.3 cm³/mol. The van der Waals surface area contributed by atoms with Gasteiger partial charge in [0.15, 0.2) is 0 Å². The number of nitriles is 1. The van der Waals surface area contributed by atoms with E-state index in [0.717, 1.165) is 5.56 Å². The first-order valence-electron chi connectivity index (χ1n) is 7.73. The molecule has 0 unspecified atom stereocenters. The maximum atomic E-state index is 12.5. The zero-order valence-electron chi connectivity index (χ0n) is 14.0. The molecule has 9 heteroatoms. The van der Waals surface area contributed by atoms with E-state index >= 15 is 0 Å². The van der Waals surface area contributed by atoms with Gasteiger partial charge >= 0.3 is 7.60 Å². The molecule has 0 aliphatic carbocycles. The number of aromatic nitrogens is 2. The molecule has 2 aromatic rings. The van der Waals surface area contributed by atoms with E-state index in [-0.39, 0.29) is 23.5 Å². The summed E-state index contributed by atoms with van der Waals surface area (Å²) in [5.74, 6) is -0.140. The molecule has 0 fully saturated rings. The van der Waals surface area contributed by atoms with E-state index in [1.807, 2.05) is 6.07 Å². The van der Waals surface area contributed by atoms with Gasteiger partial charge in [-0.3, -0.25) is 14.5 Å². The molecule has 132 valence electrons. The van der Waals surface area contributed by atoms with Crippen molar-refractivity contribution in [3.63, 3.8) is 0 Å². The van der Waals surface area contributed by atoms with Gasteiger partial charge in [0.05, 0.1) is 25.6 Å². The number of carbonyl (C=O) groups is 1. The third-order valence-electron chi connectivity index (χ3n) is 3.24. The second-order valence-electron chi connectivity index (χ2n) is 5.03. The van der Waals surface area contributed by atoms with Crippen molar-refractivity contribution in [2.75, 3.05) is 18.5 Å².